The van der Waals surface area contributed by atoms with E-state index >= 15 is 0 Å². The molecule has 2 aromatic rings. The largest absolute Gasteiger partial charge is 0.353 e. The molecule has 2 aliphatic carbocycles. The molecule has 0 bridgehead atoms. The van der Waals surface area contributed by atoms with Crippen molar-refractivity contribution < 1.29 is 18.0 Å². The molecule has 35 heavy (non-hydrogen) atoms. The van der Waals surface area contributed by atoms with E-state index < -0.39 is 9.84 Å². The molecule has 1 heterocycles. The number of aromatic nitrogens is 2. The Kier molecular flexibility index (Phi) is 8.15. The third-order valence-corrected chi connectivity index (χ3v) is 8.58. The van der Waals surface area contributed by atoms with Crippen LogP contribution in [0.15, 0.2) is 41.6 Å². The highest BCUT2D eigenvalue weighted by molar-refractivity contribution is 7.91. The Morgan fingerprint density at radius 3 is 2.40 bits per heavy atom. The number of hydrogen-bond donors (Lipinski definition) is 1. The van der Waals surface area contributed by atoms with E-state index in [1.807, 2.05) is 0 Å². The Morgan fingerprint density at radius 2 is 1.74 bits per heavy atom. The molecule has 0 saturated heterocycles. The second-order valence-corrected chi connectivity index (χ2v) is 11.9. The van der Waals surface area contributed by atoms with Gasteiger partial charge in [-0.2, -0.15) is 0 Å². The number of rotatable bonds is 11. The quantitative estimate of drug-likeness (QED) is 0.488. The van der Waals surface area contributed by atoms with Gasteiger partial charge in [0.2, 0.25) is 0 Å². The zero-order chi connectivity index (χ0) is 24.8. The summed E-state index contributed by atoms with van der Waals surface area (Å²) in [6.45, 7) is 2.43. The lowest BCUT2D eigenvalue weighted by molar-refractivity contribution is -0.117. The summed E-state index contributed by atoms with van der Waals surface area (Å²) < 4.78 is 24.9. The summed E-state index contributed by atoms with van der Waals surface area (Å²) in [5, 5.41) is 2.81. The zero-order valence-electron chi connectivity index (χ0n) is 20.3. The molecular formula is C26H34N4O4S. The van der Waals surface area contributed by atoms with Crippen molar-refractivity contribution in [2.24, 2.45) is 5.92 Å². The van der Waals surface area contributed by atoms with Gasteiger partial charge in [-0.05, 0) is 69.2 Å². The standard InChI is InChI=1S/C26H34N4O4S/c1-19(31)6-5-15-35(33,34)23-13-11-21(12-14-23)29-26(32)24-16-25(28-18-27-24)30(17-20-9-10-20)22-7-3-2-4-8-22/h11-14,16,18,20,22H,2-10,15,17H2,1H3,(H,29,32). The predicted octanol–water partition coefficient (Wildman–Crippen LogP) is 4.42. The van der Waals surface area contributed by atoms with Crippen molar-refractivity contribution >= 4 is 33.0 Å². The van der Waals surface area contributed by atoms with E-state index in [0.29, 0.717) is 24.1 Å². The van der Waals surface area contributed by atoms with Crippen molar-refractivity contribution in [3.63, 3.8) is 0 Å². The average molecular weight is 499 g/mol. The first-order valence-corrected chi connectivity index (χ1v) is 14.2. The average Bonchev–Trinajstić information content (AvgIpc) is 3.67. The predicted molar refractivity (Wildman–Crippen MR) is 135 cm³/mol. The fourth-order valence-electron chi connectivity index (χ4n) is 4.60. The summed E-state index contributed by atoms with van der Waals surface area (Å²) in [5.41, 5.74) is 0.771. The molecule has 2 aliphatic rings. The van der Waals surface area contributed by atoms with E-state index in [4.69, 9.17) is 0 Å². The lowest BCUT2D eigenvalue weighted by Gasteiger charge is -2.35. The highest BCUT2D eigenvalue weighted by Crippen LogP contribution is 2.34. The molecule has 0 unspecified atom stereocenters. The molecule has 9 heteroatoms. The molecule has 2 fully saturated rings. The summed E-state index contributed by atoms with van der Waals surface area (Å²) >= 11 is 0. The van der Waals surface area contributed by atoms with Crippen LogP contribution < -0.4 is 10.2 Å². The fourth-order valence-corrected chi connectivity index (χ4v) is 5.91. The zero-order valence-corrected chi connectivity index (χ0v) is 21.1. The lowest BCUT2D eigenvalue weighted by Crippen LogP contribution is -2.39. The SMILES string of the molecule is CC(=O)CCCS(=O)(=O)c1ccc(NC(=O)c2cc(N(CC3CC3)C3CCCCC3)ncn2)cc1. The number of ketones is 1. The van der Waals surface area contributed by atoms with Gasteiger partial charge >= 0.3 is 0 Å². The minimum atomic E-state index is -3.48. The second-order valence-electron chi connectivity index (χ2n) is 9.75. The van der Waals surface area contributed by atoms with Crippen LogP contribution in [0.25, 0.3) is 0 Å². The topological polar surface area (TPSA) is 109 Å². The van der Waals surface area contributed by atoms with Gasteiger partial charge in [0.15, 0.2) is 9.84 Å². The van der Waals surface area contributed by atoms with E-state index in [1.165, 1.54) is 57.5 Å². The van der Waals surface area contributed by atoms with Crippen molar-refractivity contribution in [2.45, 2.75) is 75.6 Å². The van der Waals surface area contributed by atoms with Gasteiger partial charge in [-0.25, -0.2) is 18.4 Å². The van der Waals surface area contributed by atoms with E-state index in [-0.39, 0.29) is 34.5 Å². The first-order valence-electron chi connectivity index (χ1n) is 12.5. The maximum Gasteiger partial charge on any atom is 0.274 e. The highest BCUT2D eigenvalue weighted by atomic mass is 32.2. The van der Waals surface area contributed by atoms with Crippen molar-refractivity contribution in [3.8, 4) is 0 Å². The first kappa shape index (κ1) is 25.3. The Bertz CT molecular complexity index is 1140. The van der Waals surface area contributed by atoms with Crippen molar-refractivity contribution in [3.05, 3.63) is 42.4 Å². The molecule has 1 aromatic carbocycles. The number of nitrogens with one attached hydrogen (secondary N) is 1. The minimum Gasteiger partial charge on any atom is -0.353 e. The molecule has 1 aromatic heterocycles. The van der Waals surface area contributed by atoms with E-state index in [1.54, 1.807) is 18.2 Å². The number of anilines is 2. The number of amides is 1. The van der Waals surface area contributed by atoms with Crippen LogP contribution in [0.5, 0.6) is 0 Å². The van der Waals surface area contributed by atoms with Gasteiger partial charge in [-0.3, -0.25) is 4.79 Å². The summed E-state index contributed by atoms with van der Waals surface area (Å²) in [4.78, 5) is 35.2. The maximum absolute atomic E-state index is 12.9. The van der Waals surface area contributed by atoms with E-state index in [0.717, 1.165) is 25.2 Å². The van der Waals surface area contributed by atoms with Crippen molar-refractivity contribution in [1.29, 1.82) is 0 Å². The molecule has 1 N–H and O–H groups in total. The van der Waals surface area contributed by atoms with Crippen LogP contribution in [0.4, 0.5) is 11.5 Å². The van der Waals surface area contributed by atoms with E-state index in [9.17, 15) is 18.0 Å². The number of nitrogens with zero attached hydrogens (tertiary/aromatic N) is 3. The summed E-state index contributed by atoms with van der Waals surface area (Å²) in [6, 6.07) is 8.31. The van der Waals surface area contributed by atoms with Gasteiger partial charge in [0.05, 0.1) is 10.6 Å². The number of carbonyl (C=O) groups excluding carboxylic acids is 2. The number of hydrogen-bond acceptors (Lipinski definition) is 7. The molecule has 0 atom stereocenters. The van der Waals surface area contributed by atoms with Gasteiger partial charge in [0.25, 0.3) is 5.91 Å². The minimum absolute atomic E-state index is 0.0273. The number of carbonyl (C=O) groups is 2. The monoisotopic (exact) mass is 498 g/mol. The Hall–Kier alpha value is -2.81. The third kappa shape index (κ3) is 7.10. The lowest BCUT2D eigenvalue weighted by atomic mass is 9.94. The van der Waals surface area contributed by atoms with Crippen LogP contribution in [-0.2, 0) is 14.6 Å². The molecular weight excluding hydrogens is 464 g/mol. The molecule has 0 spiro atoms. The van der Waals surface area contributed by atoms with Crippen molar-refractivity contribution in [1.82, 2.24) is 9.97 Å². The van der Waals surface area contributed by atoms with Crippen LogP contribution in [0.1, 0.15) is 75.2 Å². The molecule has 0 aliphatic heterocycles. The maximum atomic E-state index is 12.9. The number of Topliss-reactive ketones (excluding diaryl/α,β-unsaturated/α-hetero) is 1. The molecule has 1 amide bonds. The Balaban J connectivity index is 1.42. The Morgan fingerprint density at radius 1 is 1.03 bits per heavy atom. The highest BCUT2D eigenvalue weighted by Gasteiger charge is 2.30. The van der Waals surface area contributed by atoms with Crippen LogP contribution in [-0.4, -0.2) is 48.4 Å². The molecule has 188 valence electrons. The molecule has 0 radical (unpaired) electrons. The van der Waals surface area contributed by atoms with Gasteiger partial charge < -0.3 is 15.0 Å². The van der Waals surface area contributed by atoms with Gasteiger partial charge in [-0.1, -0.05) is 19.3 Å². The number of sulfone groups is 1. The molecule has 4 rings (SSSR count). The normalized spacial score (nSPS) is 16.6. The van der Waals surface area contributed by atoms with Crippen LogP contribution in [0.2, 0.25) is 0 Å². The van der Waals surface area contributed by atoms with Crippen LogP contribution >= 0.6 is 0 Å². The van der Waals surface area contributed by atoms with Crippen molar-refractivity contribution in [2.75, 3.05) is 22.5 Å². The van der Waals surface area contributed by atoms with Crippen LogP contribution in [0.3, 0.4) is 0 Å². The van der Waals surface area contributed by atoms with Gasteiger partial charge in [0.1, 0.15) is 23.6 Å². The smallest absolute Gasteiger partial charge is 0.274 e. The van der Waals surface area contributed by atoms with E-state index in [2.05, 4.69) is 20.2 Å². The first-order chi connectivity index (χ1) is 16.8. The Labute approximate surface area is 207 Å². The number of benzene rings is 1. The molecule has 2 saturated carbocycles. The second kappa shape index (κ2) is 11.3. The summed E-state index contributed by atoms with van der Waals surface area (Å²) in [5.74, 6) is 1.04. The summed E-state index contributed by atoms with van der Waals surface area (Å²) in [6.07, 6.45) is 10.5. The van der Waals surface area contributed by atoms with Gasteiger partial charge in [-0.15, -0.1) is 0 Å². The van der Waals surface area contributed by atoms with Gasteiger partial charge in [0, 0.05) is 30.8 Å². The van der Waals surface area contributed by atoms with Crippen LogP contribution in [0, 0.1) is 5.92 Å². The summed E-state index contributed by atoms with van der Waals surface area (Å²) in [7, 11) is -3.48. The fraction of sp³-hybridized carbons (Fsp3) is 0.538. The third-order valence-electron chi connectivity index (χ3n) is 6.76. The molecule has 8 nitrogen and oxygen atoms in total.